The number of ether oxygens (including phenoxy) is 1. The highest BCUT2D eigenvalue weighted by Gasteiger charge is 2.16. The monoisotopic (exact) mass is 316 g/mol. The number of aryl methyl sites for hydroxylation is 1. The first-order valence-corrected chi connectivity index (χ1v) is 7.75. The van der Waals surface area contributed by atoms with Crippen molar-refractivity contribution >= 4 is 11.9 Å². The molecule has 0 saturated heterocycles. The van der Waals surface area contributed by atoms with Crippen molar-refractivity contribution in [2.45, 2.75) is 39.0 Å². The van der Waals surface area contributed by atoms with Crippen molar-refractivity contribution < 1.29 is 9.53 Å². The topological polar surface area (TPSA) is 69.0 Å². The van der Waals surface area contributed by atoms with Crippen molar-refractivity contribution in [3.8, 4) is 5.75 Å². The van der Waals surface area contributed by atoms with Gasteiger partial charge in [-0.25, -0.2) is 4.68 Å². The second-order valence-corrected chi connectivity index (χ2v) is 6.00. The van der Waals surface area contributed by atoms with Gasteiger partial charge in [0, 0.05) is 19.4 Å². The highest BCUT2D eigenvalue weighted by atomic mass is 16.5. The van der Waals surface area contributed by atoms with Crippen molar-refractivity contribution in [2.75, 3.05) is 12.4 Å². The van der Waals surface area contributed by atoms with Crippen molar-refractivity contribution in [2.24, 2.45) is 7.05 Å². The Morgan fingerprint density at radius 1 is 1.35 bits per heavy atom. The second-order valence-electron chi connectivity index (χ2n) is 6.00. The van der Waals surface area contributed by atoms with Gasteiger partial charge in [0.2, 0.25) is 11.9 Å². The molecule has 1 N–H and O–H groups in total. The molecule has 0 bridgehead atoms. The Kier molecular flexibility index (Phi) is 5.36. The van der Waals surface area contributed by atoms with Crippen LogP contribution in [0.15, 0.2) is 24.3 Å². The second kappa shape index (κ2) is 7.26. The smallest absolute Gasteiger partial charge is 0.227 e. The summed E-state index contributed by atoms with van der Waals surface area (Å²) in [5.41, 5.74) is 1.07. The van der Waals surface area contributed by atoms with E-state index in [0.29, 0.717) is 12.4 Å². The summed E-state index contributed by atoms with van der Waals surface area (Å²) in [5.74, 6) is 2.24. The number of hydrogen-bond donors (Lipinski definition) is 1. The summed E-state index contributed by atoms with van der Waals surface area (Å²) in [6.45, 7) is 6.06. The van der Waals surface area contributed by atoms with Gasteiger partial charge >= 0.3 is 0 Å². The van der Waals surface area contributed by atoms with E-state index in [9.17, 15) is 4.79 Å². The minimum atomic E-state index is -0.0777. The molecule has 0 aliphatic carbocycles. The standard InChI is InChI=1S/C17H24N4O2/c1-11(2)16-19-17(21(4)20-16)18-15(22)9-12(3)13-7-6-8-14(10-13)23-5/h6-8,10-12H,9H2,1-5H3,(H,18,19,20,22)/t12-/m1/s1. The van der Waals surface area contributed by atoms with E-state index < -0.39 is 0 Å². The number of carbonyl (C=O) groups is 1. The molecule has 0 fully saturated rings. The van der Waals surface area contributed by atoms with Gasteiger partial charge in [-0.15, -0.1) is 0 Å². The SMILES string of the molecule is COc1cccc([C@H](C)CC(=O)Nc2nc(C(C)C)nn2C)c1. The third-order valence-corrected chi connectivity index (χ3v) is 3.70. The van der Waals surface area contributed by atoms with Crippen LogP contribution in [0.25, 0.3) is 0 Å². The van der Waals surface area contributed by atoms with Crippen molar-refractivity contribution in [3.05, 3.63) is 35.7 Å². The molecule has 0 aliphatic rings. The lowest BCUT2D eigenvalue weighted by molar-refractivity contribution is -0.116. The van der Waals surface area contributed by atoms with E-state index >= 15 is 0 Å². The summed E-state index contributed by atoms with van der Waals surface area (Å²) in [6, 6.07) is 7.78. The minimum Gasteiger partial charge on any atom is -0.497 e. The van der Waals surface area contributed by atoms with E-state index in [1.165, 1.54) is 0 Å². The first-order chi connectivity index (χ1) is 10.9. The minimum absolute atomic E-state index is 0.0777. The van der Waals surface area contributed by atoms with Gasteiger partial charge in [-0.1, -0.05) is 32.9 Å². The molecule has 1 atom stereocenters. The maximum atomic E-state index is 12.3. The molecule has 1 amide bonds. The Bertz CT molecular complexity index is 679. The fourth-order valence-corrected chi connectivity index (χ4v) is 2.28. The number of anilines is 1. The van der Waals surface area contributed by atoms with Gasteiger partial charge in [0.1, 0.15) is 5.75 Å². The fraction of sp³-hybridized carbons (Fsp3) is 0.471. The van der Waals surface area contributed by atoms with Crippen LogP contribution in [0.4, 0.5) is 5.95 Å². The summed E-state index contributed by atoms with van der Waals surface area (Å²) in [4.78, 5) is 16.6. The van der Waals surface area contributed by atoms with E-state index in [1.807, 2.05) is 45.0 Å². The average Bonchev–Trinajstić information content (AvgIpc) is 2.88. The largest absolute Gasteiger partial charge is 0.497 e. The van der Waals surface area contributed by atoms with E-state index in [1.54, 1.807) is 18.8 Å². The predicted octanol–water partition coefficient (Wildman–Crippen LogP) is 3.08. The average molecular weight is 316 g/mol. The number of aromatic nitrogens is 3. The van der Waals surface area contributed by atoms with Crippen LogP contribution < -0.4 is 10.1 Å². The zero-order valence-electron chi connectivity index (χ0n) is 14.3. The molecule has 0 unspecified atom stereocenters. The molecule has 1 aromatic heterocycles. The predicted molar refractivity (Wildman–Crippen MR) is 89.7 cm³/mol. The quantitative estimate of drug-likeness (QED) is 0.889. The lowest BCUT2D eigenvalue weighted by atomic mass is 9.97. The lowest BCUT2D eigenvalue weighted by Crippen LogP contribution is -2.17. The Hall–Kier alpha value is -2.37. The van der Waals surface area contributed by atoms with Crippen LogP contribution in [0, 0.1) is 0 Å². The van der Waals surface area contributed by atoms with Gasteiger partial charge in [-0.3, -0.25) is 10.1 Å². The molecule has 124 valence electrons. The van der Waals surface area contributed by atoms with Crippen molar-refractivity contribution in [3.63, 3.8) is 0 Å². The van der Waals surface area contributed by atoms with Crippen LogP contribution >= 0.6 is 0 Å². The van der Waals surface area contributed by atoms with Gasteiger partial charge < -0.3 is 4.74 Å². The van der Waals surface area contributed by atoms with Crippen LogP contribution in [-0.4, -0.2) is 27.8 Å². The first-order valence-electron chi connectivity index (χ1n) is 7.75. The number of nitrogens with one attached hydrogen (secondary N) is 1. The molecule has 0 aliphatic heterocycles. The van der Waals surface area contributed by atoms with Gasteiger partial charge in [-0.05, 0) is 23.6 Å². The van der Waals surface area contributed by atoms with Gasteiger partial charge in [-0.2, -0.15) is 10.1 Å². The van der Waals surface area contributed by atoms with E-state index in [2.05, 4.69) is 15.4 Å². The summed E-state index contributed by atoms with van der Waals surface area (Å²) >= 11 is 0. The fourth-order valence-electron chi connectivity index (χ4n) is 2.28. The van der Waals surface area contributed by atoms with Gasteiger partial charge in [0.15, 0.2) is 5.82 Å². The highest BCUT2D eigenvalue weighted by Crippen LogP contribution is 2.23. The Balaban J connectivity index is 2.01. The first kappa shape index (κ1) is 17.0. The Morgan fingerprint density at radius 2 is 2.09 bits per heavy atom. The molecule has 1 aromatic carbocycles. The van der Waals surface area contributed by atoms with Crippen molar-refractivity contribution in [1.29, 1.82) is 0 Å². The van der Waals surface area contributed by atoms with Crippen LogP contribution in [0.2, 0.25) is 0 Å². The molecule has 1 heterocycles. The zero-order chi connectivity index (χ0) is 17.0. The molecular formula is C17H24N4O2. The number of hydrogen-bond acceptors (Lipinski definition) is 4. The van der Waals surface area contributed by atoms with E-state index in [4.69, 9.17) is 4.74 Å². The van der Waals surface area contributed by atoms with Crippen molar-refractivity contribution in [1.82, 2.24) is 14.8 Å². The van der Waals surface area contributed by atoms with Crippen LogP contribution in [0.3, 0.4) is 0 Å². The summed E-state index contributed by atoms with van der Waals surface area (Å²) < 4.78 is 6.82. The molecule has 0 saturated carbocycles. The Labute approximate surface area is 136 Å². The van der Waals surface area contributed by atoms with Gasteiger partial charge in [0.25, 0.3) is 0 Å². The molecule has 23 heavy (non-hydrogen) atoms. The van der Waals surface area contributed by atoms with Crippen LogP contribution in [0.1, 0.15) is 50.4 Å². The molecule has 2 rings (SSSR count). The molecule has 6 heteroatoms. The molecule has 6 nitrogen and oxygen atoms in total. The molecule has 0 spiro atoms. The maximum Gasteiger partial charge on any atom is 0.227 e. The van der Waals surface area contributed by atoms with Gasteiger partial charge in [0.05, 0.1) is 7.11 Å². The highest BCUT2D eigenvalue weighted by molar-refractivity contribution is 5.89. The number of nitrogens with zero attached hydrogens (tertiary/aromatic N) is 3. The molecule has 0 radical (unpaired) electrons. The lowest BCUT2D eigenvalue weighted by Gasteiger charge is -2.12. The summed E-state index contributed by atoms with van der Waals surface area (Å²) in [7, 11) is 3.41. The number of carbonyl (C=O) groups excluding carboxylic acids is 1. The third-order valence-electron chi connectivity index (χ3n) is 3.70. The maximum absolute atomic E-state index is 12.3. The number of amides is 1. The zero-order valence-corrected chi connectivity index (χ0v) is 14.3. The number of rotatable bonds is 6. The van der Waals surface area contributed by atoms with E-state index in [-0.39, 0.29) is 17.7 Å². The van der Waals surface area contributed by atoms with Crippen LogP contribution in [-0.2, 0) is 11.8 Å². The number of benzene rings is 1. The third kappa shape index (κ3) is 4.31. The Morgan fingerprint density at radius 3 is 2.70 bits per heavy atom. The van der Waals surface area contributed by atoms with Crippen LogP contribution in [0.5, 0.6) is 5.75 Å². The molecular weight excluding hydrogens is 292 g/mol. The summed E-state index contributed by atoms with van der Waals surface area (Å²) in [5, 5.41) is 7.13. The van der Waals surface area contributed by atoms with E-state index in [0.717, 1.165) is 17.1 Å². The molecule has 2 aromatic rings. The number of methoxy groups -OCH3 is 1. The normalized spacial score (nSPS) is 12.3. The summed E-state index contributed by atoms with van der Waals surface area (Å²) in [6.07, 6.45) is 0.372.